The minimum absolute atomic E-state index is 0.0133. The van der Waals surface area contributed by atoms with Crippen LogP contribution in [0.4, 0.5) is 0 Å². The lowest BCUT2D eigenvalue weighted by atomic mass is 9.98. The van der Waals surface area contributed by atoms with Crippen LogP contribution in [0.1, 0.15) is 17.2 Å². The number of halogens is 1. The summed E-state index contributed by atoms with van der Waals surface area (Å²) in [6.07, 6.45) is 2.58. The van der Waals surface area contributed by atoms with E-state index in [1.54, 1.807) is 12.3 Å². The molecule has 1 aliphatic heterocycles. The summed E-state index contributed by atoms with van der Waals surface area (Å²) in [6.45, 7) is 1.23. The van der Waals surface area contributed by atoms with Crippen molar-refractivity contribution in [1.29, 1.82) is 0 Å². The highest BCUT2D eigenvalue weighted by atomic mass is 35.5. The van der Waals surface area contributed by atoms with Gasteiger partial charge >= 0.3 is 0 Å². The normalized spacial score (nSPS) is 17.8. The minimum Gasteiger partial charge on any atom is -0.489 e. The van der Waals surface area contributed by atoms with E-state index in [1.165, 1.54) is 11.1 Å². The first-order chi connectivity index (χ1) is 9.33. The third kappa shape index (κ3) is 2.88. The summed E-state index contributed by atoms with van der Waals surface area (Å²) in [6, 6.07) is 11.9. The molecule has 0 N–H and O–H groups in total. The van der Waals surface area contributed by atoms with Crippen molar-refractivity contribution in [2.24, 2.45) is 0 Å². The van der Waals surface area contributed by atoms with E-state index >= 15 is 0 Å². The number of hydrogen-bond donors (Lipinski definition) is 0. The molecule has 0 saturated heterocycles. The van der Waals surface area contributed by atoms with Crippen molar-refractivity contribution in [3.05, 3.63) is 58.9 Å². The zero-order chi connectivity index (χ0) is 13.1. The first-order valence-corrected chi connectivity index (χ1v) is 6.64. The summed E-state index contributed by atoms with van der Waals surface area (Å²) in [5, 5.41) is 0.464. The van der Waals surface area contributed by atoms with Crippen molar-refractivity contribution in [3.8, 4) is 5.75 Å². The van der Waals surface area contributed by atoms with E-state index in [4.69, 9.17) is 21.1 Å². The van der Waals surface area contributed by atoms with Crippen LogP contribution in [0.3, 0.4) is 0 Å². The molecule has 3 nitrogen and oxygen atoms in total. The van der Waals surface area contributed by atoms with E-state index in [1.807, 2.05) is 12.1 Å². The fraction of sp³-hybridized carbons (Fsp3) is 0.267. The van der Waals surface area contributed by atoms with Crippen LogP contribution in [0.25, 0.3) is 0 Å². The summed E-state index contributed by atoms with van der Waals surface area (Å²) in [5.41, 5.74) is 2.56. The molecule has 1 atom stereocenters. The Morgan fingerprint density at radius 3 is 3.00 bits per heavy atom. The average molecular weight is 276 g/mol. The molecule has 1 aromatic carbocycles. The number of nitrogens with zero attached hydrogens (tertiary/aromatic N) is 1. The number of pyridine rings is 1. The molecule has 0 saturated carbocycles. The molecule has 0 aliphatic carbocycles. The lowest BCUT2D eigenvalue weighted by molar-refractivity contribution is 0.0101. The second-order valence-corrected chi connectivity index (χ2v) is 4.82. The summed E-state index contributed by atoms with van der Waals surface area (Å²) in [7, 11) is 0. The Hall–Kier alpha value is -1.58. The van der Waals surface area contributed by atoms with E-state index in [0.29, 0.717) is 17.5 Å². The maximum Gasteiger partial charge on any atom is 0.137 e. The highest BCUT2D eigenvalue weighted by Gasteiger charge is 2.20. The van der Waals surface area contributed by atoms with Gasteiger partial charge in [-0.2, -0.15) is 0 Å². The van der Waals surface area contributed by atoms with E-state index in [-0.39, 0.29) is 6.10 Å². The van der Waals surface area contributed by atoms with Gasteiger partial charge in [-0.15, -0.1) is 0 Å². The number of hydrogen-bond acceptors (Lipinski definition) is 3. The number of fused-ring (bicyclic) bond motifs is 1. The second-order valence-electron chi connectivity index (χ2n) is 4.44. The zero-order valence-corrected chi connectivity index (χ0v) is 11.1. The Labute approximate surface area is 117 Å². The van der Waals surface area contributed by atoms with Crippen LogP contribution in [0, 0.1) is 0 Å². The average Bonchev–Trinajstić information content (AvgIpc) is 2.47. The quantitative estimate of drug-likeness (QED) is 0.804. The Morgan fingerprint density at radius 2 is 2.16 bits per heavy atom. The fourth-order valence-electron chi connectivity index (χ4n) is 2.23. The molecule has 98 valence electrons. The Morgan fingerprint density at radius 1 is 1.26 bits per heavy atom. The molecule has 2 heterocycles. The third-order valence-corrected chi connectivity index (χ3v) is 3.42. The Kier molecular flexibility index (Phi) is 3.67. The molecule has 0 bridgehead atoms. The first-order valence-electron chi connectivity index (χ1n) is 6.27. The van der Waals surface area contributed by atoms with Crippen LogP contribution < -0.4 is 4.74 Å². The van der Waals surface area contributed by atoms with Gasteiger partial charge in [0.25, 0.3) is 0 Å². The lowest BCUT2D eigenvalue weighted by Crippen LogP contribution is -2.21. The lowest BCUT2D eigenvalue weighted by Gasteiger charge is -2.25. The van der Waals surface area contributed by atoms with Crippen molar-refractivity contribution in [2.75, 3.05) is 13.2 Å². The highest BCUT2D eigenvalue weighted by Crippen LogP contribution is 2.27. The molecule has 1 aromatic heterocycles. The maximum absolute atomic E-state index is 5.78. The van der Waals surface area contributed by atoms with Crippen molar-refractivity contribution >= 4 is 11.6 Å². The molecule has 0 amide bonds. The molecular formula is C15H14ClNO2. The number of rotatable bonds is 3. The molecule has 2 aromatic rings. The molecule has 1 unspecified atom stereocenters. The molecule has 0 fully saturated rings. The zero-order valence-electron chi connectivity index (χ0n) is 10.4. The molecule has 0 spiro atoms. The summed E-state index contributed by atoms with van der Waals surface area (Å²) < 4.78 is 11.5. The summed E-state index contributed by atoms with van der Waals surface area (Å²) >= 11 is 5.74. The minimum atomic E-state index is -0.0133. The second kappa shape index (κ2) is 5.59. The van der Waals surface area contributed by atoms with Crippen molar-refractivity contribution in [3.63, 3.8) is 0 Å². The van der Waals surface area contributed by atoms with E-state index in [0.717, 1.165) is 13.0 Å². The Balaban J connectivity index is 1.69. The van der Waals surface area contributed by atoms with Gasteiger partial charge in [-0.1, -0.05) is 35.9 Å². The van der Waals surface area contributed by atoms with Gasteiger partial charge in [0.05, 0.1) is 12.8 Å². The standard InChI is InChI=1S/C15H14ClNO2/c16-15-6-5-12(9-17-15)19-10-14-13-4-2-1-3-11(13)7-8-18-14/h1-6,9,14H,7-8,10H2. The highest BCUT2D eigenvalue weighted by molar-refractivity contribution is 6.29. The van der Waals surface area contributed by atoms with Gasteiger partial charge in [0.2, 0.25) is 0 Å². The van der Waals surface area contributed by atoms with Gasteiger partial charge < -0.3 is 9.47 Å². The molecule has 1 aliphatic rings. The van der Waals surface area contributed by atoms with Crippen molar-refractivity contribution in [1.82, 2.24) is 4.98 Å². The fourth-order valence-corrected chi connectivity index (χ4v) is 2.35. The van der Waals surface area contributed by atoms with E-state index in [9.17, 15) is 0 Å². The SMILES string of the molecule is Clc1ccc(OCC2OCCc3ccccc32)cn1. The van der Waals surface area contributed by atoms with Gasteiger partial charge in [0, 0.05) is 0 Å². The van der Waals surface area contributed by atoms with Crippen LogP contribution in [0.2, 0.25) is 5.15 Å². The number of benzene rings is 1. The van der Waals surface area contributed by atoms with E-state index < -0.39 is 0 Å². The first kappa shape index (κ1) is 12.5. The van der Waals surface area contributed by atoms with Gasteiger partial charge in [0.1, 0.15) is 23.6 Å². The van der Waals surface area contributed by atoms with E-state index in [2.05, 4.69) is 23.2 Å². The molecule has 19 heavy (non-hydrogen) atoms. The topological polar surface area (TPSA) is 31.4 Å². The monoisotopic (exact) mass is 275 g/mol. The molecular weight excluding hydrogens is 262 g/mol. The van der Waals surface area contributed by atoms with Crippen LogP contribution in [0.15, 0.2) is 42.6 Å². The number of aromatic nitrogens is 1. The van der Waals surface area contributed by atoms with Crippen molar-refractivity contribution in [2.45, 2.75) is 12.5 Å². The van der Waals surface area contributed by atoms with Gasteiger partial charge in [-0.3, -0.25) is 0 Å². The predicted molar refractivity (Wildman–Crippen MR) is 73.6 cm³/mol. The molecule has 0 radical (unpaired) electrons. The summed E-state index contributed by atoms with van der Waals surface area (Å²) in [4.78, 5) is 3.99. The van der Waals surface area contributed by atoms with Gasteiger partial charge in [0.15, 0.2) is 0 Å². The molecule has 3 rings (SSSR count). The largest absolute Gasteiger partial charge is 0.489 e. The van der Waals surface area contributed by atoms with Crippen LogP contribution in [-0.2, 0) is 11.2 Å². The van der Waals surface area contributed by atoms with Crippen LogP contribution >= 0.6 is 11.6 Å². The third-order valence-electron chi connectivity index (χ3n) is 3.19. The predicted octanol–water partition coefficient (Wildman–Crippen LogP) is 3.43. The Bertz CT molecular complexity index is 556. The van der Waals surface area contributed by atoms with Crippen molar-refractivity contribution < 1.29 is 9.47 Å². The number of ether oxygens (including phenoxy) is 2. The van der Waals surface area contributed by atoms with Crippen LogP contribution in [0.5, 0.6) is 5.75 Å². The maximum atomic E-state index is 5.78. The van der Waals surface area contributed by atoms with Gasteiger partial charge in [-0.05, 0) is 29.7 Å². The van der Waals surface area contributed by atoms with Crippen LogP contribution in [-0.4, -0.2) is 18.2 Å². The summed E-state index contributed by atoms with van der Waals surface area (Å²) in [5.74, 6) is 0.705. The smallest absolute Gasteiger partial charge is 0.137 e. The van der Waals surface area contributed by atoms with Gasteiger partial charge in [-0.25, -0.2) is 4.98 Å². The molecule has 4 heteroatoms.